The minimum atomic E-state index is -0.0739. The largest absolute Gasteiger partial charge is 0.325 e. The molecule has 4 nitrogen and oxygen atoms in total. The number of hydrogen-bond acceptors (Lipinski definition) is 4. The van der Waals surface area contributed by atoms with Crippen LogP contribution < -0.4 is 10.6 Å². The number of hydrogen-bond donors (Lipinski definition) is 2. The van der Waals surface area contributed by atoms with E-state index in [0.717, 1.165) is 43.4 Å². The second-order valence-electron chi connectivity index (χ2n) is 5.23. The van der Waals surface area contributed by atoms with Crippen molar-refractivity contribution in [2.45, 2.75) is 26.4 Å². The number of nitrogens with zero attached hydrogens (tertiary/aromatic N) is 1. The van der Waals surface area contributed by atoms with E-state index < -0.39 is 0 Å². The average molecular weight is 307 g/mol. The third-order valence-corrected chi connectivity index (χ3v) is 4.80. The SMILES string of the molecule is CCN(CC)Cc1cccc(NC(=O)C2CSCCN2)c1. The van der Waals surface area contributed by atoms with E-state index in [2.05, 4.69) is 41.5 Å². The van der Waals surface area contributed by atoms with Gasteiger partial charge in [-0.1, -0.05) is 26.0 Å². The fourth-order valence-corrected chi connectivity index (χ4v) is 3.35. The zero-order valence-electron chi connectivity index (χ0n) is 12.9. The number of amides is 1. The van der Waals surface area contributed by atoms with Gasteiger partial charge in [-0.05, 0) is 30.8 Å². The van der Waals surface area contributed by atoms with Crippen molar-refractivity contribution >= 4 is 23.4 Å². The summed E-state index contributed by atoms with van der Waals surface area (Å²) in [5, 5.41) is 6.29. The first-order chi connectivity index (χ1) is 10.2. The summed E-state index contributed by atoms with van der Waals surface area (Å²) in [7, 11) is 0. The lowest BCUT2D eigenvalue weighted by Crippen LogP contribution is -2.46. The van der Waals surface area contributed by atoms with Gasteiger partial charge in [0, 0.05) is 30.3 Å². The molecule has 0 spiro atoms. The van der Waals surface area contributed by atoms with Crippen molar-refractivity contribution in [1.82, 2.24) is 10.2 Å². The van der Waals surface area contributed by atoms with Crippen molar-refractivity contribution in [2.24, 2.45) is 0 Å². The van der Waals surface area contributed by atoms with Gasteiger partial charge in [0.05, 0.1) is 6.04 Å². The number of benzene rings is 1. The summed E-state index contributed by atoms with van der Waals surface area (Å²) in [4.78, 5) is 14.6. The summed E-state index contributed by atoms with van der Waals surface area (Å²) in [6, 6.07) is 8.08. The Labute approximate surface area is 131 Å². The van der Waals surface area contributed by atoms with Crippen molar-refractivity contribution in [3.63, 3.8) is 0 Å². The third-order valence-electron chi connectivity index (χ3n) is 3.73. The number of nitrogens with one attached hydrogen (secondary N) is 2. The van der Waals surface area contributed by atoms with Gasteiger partial charge in [0.1, 0.15) is 0 Å². The lowest BCUT2D eigenvalue weighted by atomic mass is 10.1. The maximum atomic E-state index is 12.2. The molecule has 1 amide bonds. The molecule has 0 bridgehead atoms. The second kappa shape index (κ2) is 8.41. The van der Waals surface area contributed by atoms with Gasteiger partial charge in [-0.25, -0.2) is 0 Å². The van der Waals surface area contributed by atoms with Crippen LogP contribution in [0.25, 0.3) is 0 Å². The molecule has 5 heteroatoms. The lowest BCUT2D eigenvalue weighted by Gasteiger charge is -2.22. The summed E-state index contributed by atoms with van der Waals surface area (Å²) in [6.07, 6.45) is 0. The minimum Gasteiger partial charge on any atom is -0.325 e. The van der Waals surface area contributed by atoms with E-state index in [1.54, 1.807) is 0 Å². The highest BCUT2D eigenvalue weighted by Crippen LogP contribution is 2.14. The number of thioether (sulfide) groups is 1. The molecule has 1 atom stereocenters. The molecule has 0 radical (unpaired) electrons. The van der Waals surface area contributed by atoms with Crippen LogP contribution in [0.3, 0.4) is 0 Å². The predicted octanol–water partition coefficient (Wildman–Crippen LogP) is 2.17. The van der Waals surface area contributed by atoms with Crippen molar-refractivity contribution in [1.29, 1.82) is 0 Å². The van der Waals surface area contributed by atoms with Crippen molar-refractivity contribution in [3.8, 4) is 0 Å². The molecule has 1 heterocycles. The smallest absolute Gasteiger partial charge is 0.242 e. The van der Waals surface area contributed by atoms with Crippen LogP contribution in [0.1, 0.15) is 19.4 Å². The van der Waals surface area contributed by atoms with Crippen molar-refractivity contribution < 1.29 is 4.79 Å². The van der Waals surface area contributed by atoms with E-state index >= 15 is 0 Å². The highest BCUT2D eigenvalue weighted by atomic mass is 32.2. The molecule has 0 saturated carbocycles. The van der Waals surface area contributed by atoms with Gasteiger partial charge in [0.2, 0.25) is 5.91 Å². The molecule has 0 aromatic heterocycles. The minimum absolute atomic E-state index is 0.0715. The molecule has 1 unspecified atom stereocenters. The summed E-state index contributed by atoms with van der Waals surface area (Å²) >= 11 is 1.83. The van der Waals surface area contributed by atoms with Crippen LogP contribution in [0, 0.1) is 0 Å². The van der Waals surface area contributed by atoms with Crippen LogP contribution in [0.5, 0.6) is 0 Å². The van der Waals surface area contributed by atoms with E-state index in [0.29, 0.717) is 0 Å². The van der Waals surface area contributed by atoms with E-state index in [1.165, 1.54) is 5.56 Å². The van der Waals surface area contributed by atoms with Gasteiger partial charge in [-0.15, -0.1) is 0 Å². The molecule has 1 aliphatic heterocycles. The van der Waals surface area contributed by atoms with Crippen LogP contribution in [0.2, 0.25) is 0 Å². The Morgan fingerprint density at radius 2 is 2.24 bits per heavy atom. The molecule has 0 aliphatic carbocycles. The first-order valence-electron chi connectivity index (χ1n) is 7.66. The van der Waals surface area contributed by atoms with Crippen molar-refractivity contribution in [2.75, 3.05) is 36.5 Å². The summed E-state index contributed by atoms with van der Waals surface area (Å²) in [5.41, 5.74) is 2.13. The maximum Gasteiger partial charge on any atom is 0.242 e. The molecule has 1 aromatic carbocycles. The van der Waals surface area contributed by atoms with E-state index in [-0.39, 0.29) is 11.9 Å². The normalized spacial score (nSPS) is 18.7. The number of carbonyl (C=O) groups excluding carboxylic acids is 1. The second-order valence-corrected chi connectivity index (χ2v) is 6.38. The van der Waals surface area contributed by atoms with Crippen LogP contribution >= 0.6 is 11.8 Å². The molecule has 2 N–H and O–H groups in total. The highest BCUT2D eigenvalue weighted by molar-refractivity contribution is 7.99. The van der Waals surface area contributed by atoms with E-state index in [4.69, 9.17) is 0 Å². The summed E-state index contributed by atoms with van der Waals surface area (Å²) < 4.78 is 0. The molecule has 2 rings (SSSR count). The van der Waals surface area contributed by atoms with Crippen LogP contribution in [0.4, 0.5) is 5.69 Å². The first-order valence-corrected chi connectivity index (χ1v) is 8.81. The van der Waals surface area contributed by atoms with Gasteiger partial charge in [-0.3, -0.25) is 9.69 Å². The molecule has 116 valence electrons. The van der Waals surface area contributed by atoms with E-state index in [1.807, 2.05) is 23.9 Å². The average Bonchev–Trinajstić information content (AvgIpc) is 2.53. The van der Waals surface area contributed by atoms with Gasteiger partial charge >= 0.3 is 0 Å². The monoisotopic (exact) mass is 307 g/mol. The Morgan fingerprint density at radius 1 is 1.43 bits per heavy atom. The lowest BCUT2D eigenvalue weighted by molar-refractivity contribution is -0.117. The summed E-state index contributed by atoms with van der Waals surface area (Å²) in [5.74, 6) is 2.01. The Balaban J connectivity index is 1.95. The Morgan fingerprint density at radius 3 is 2.90 bits per heavy atom. The maximum absolute atomic E-state index is 12.2. The van der Waals surface area contributed by atoms with Gasteiger partial charge in [0.15, 0.2) is 0 Å². The fourth-order valence-electron chi connectivity index (χ4n) is 2.42. The highest BCUT2D eigenvalue weighted by Gasteiger charge is 2.20. The first kappa shape index (κ1) is 16.3. The Hall–Kier alpha value is -1.04. The fraction of sp³-hybridized carbons (Fsp3) is 0.562. The number of carbonyl (C=O) groups is 1. The van der Waals surface area contributed by atoms with Crippen molar-refractivity contribution in [3.05, 3.63) is 29.8 Å². The molecule has 1 fully saturated rings. The number of anilines is 1. The molecule has 1 saturated heterocycles. The van der Waals surface area contributed by atoms with Crippen LogP contribution in [-0.2, 0) is 11.3 Å². The van der Waals surface area contributed by atoms with Gasteiger partial charge in [0.25, 0.3) is 0 Å². The van der Waals surface area contributed by atoms with Gasteiger partial charge in [-0.2, -0.15) is 11.8 Å². The standard InChI is InChI=1S/C16H25N3OS/c1-3-19(4-2)11-13-6-5-7-14(10-13)18-16(20)15-12-21-9-8-17-15/h5-7,10,15,17H,3-4,8-9,11-12H2,1-2H3,(H,18,20). The molecule has 1 aliphatic rings. The van der Waals surface area contributed by atoms with Crippen LogP contribution in [0.15, 0.2) is 24.3 Å². The van der Waals surface area contributed by atoms with E-state index in [9.17, 15) is 4.79 Å². The summed E-state index contributed by atoms with van der Waals surface area (Å²) in [6.45, 7) is 8.24. The predicted molar refractivity (Wildman–Crippen MR) is 90.8 cm³/mol. The van der Waals surface area contributed by atoms with Crippen LogP contribution in [-0.4, -0.2) is 48.0 Å². The zero-order chi connectivity index (χ0) is 15.1. The molecule has 1 aromatic rings. The third kappa shape index (κ3) is 5.02. The Kier molecular flexibility index (Phi) is 6.54. The molecular weight excluding hydrogens is 282 g/mol. The zero-order valence-corrected chi connectivity index (χ0v) is 13.7. The molecular formula is C16H25N3OS. The van der Waals surface area contributed by atoms with Gasteiger partial charge < -0.3 is 10.6 Å². The number of rotatable bonds is 6. The Bertz CT molecular complexity index is 457. The topological polar surface area (TPSA) is 44.4 Å². The molecule has 21 heavy (non-hydrogen) atoms. The quantitative estimate of drug-likeness (QED) is 0.845.